The van der Waals surface area contributed by atoms with E-state index in [0.717, 1.165) is 5.56 Å². The van der Waals surface area contributed by atoms with Crippen molar-refractivity contribution < 1.29 is 9.76 Å². The van der Waals surface area contributed by atoms with E-state index >= 15 is 0 Å². The van der Waals surface area contributed by atoms with Crippen molar-refractivity contribution in [3.05, 3.63) is 75.8 Å². The fraction of sp³-hybridized carbons (Fsp3) is 0.143. The molecule has 0 aromatic heterocycles. The zero-order valence-corrected chi connectivity index (χ0v) is 10.1. The first kappa shape index (κ1) is 11.8. The van der Waals surface area contributed by atoms with Gasteiger partial charge in [-0.1, -0.05) is 30.3 Å². The standard InChI is InChI=1S/C14H12N2O3/c17-16(18)13-8-6-12(7-9-13)14-15(19-14)10-11-4-2-1-3-5-11/h1-9,14H,10H2. The van der Waals surface area contributed by atoms with Crippen LogP contribution in [0, 0.1) is 10.1 Å². The molecule has 1 saturated heterocycles. The second kappa shape index (κ2) is 4.79. The van der Waals surface area contributed by atoms with Gasteiger partial charge in [0.25, 0.3) is 5.69 Å². The highest BCUT2D eigenvalue weighted by Gasteiger charge is 2.37. The molecule has 0 bridgehead atoms. The van der Waals surface area contributed by atoms with Gasteiger partial charge in [0.15, 0.2) is 6.23 Å². The average molecular weight is 256 g/mol. The molecule has 3 rings (SSSR count). The lowest BCUT2D eigenvalue weighted by atomic mass is 10.2. The number of hydrogen-bond donors (Lipinski definition) is 0. The van der Waals surface area contributed by atoms with Gasteiger partial charge in [-0.25, -0.2) is 0 Å². The molecule has 0 amide bonds. The number of hydroxylamine groups is 2. The van der Waals surface area contributed by atoms with E-state index in [1.54, 1.807) is 12.1 Å². The van der Waals surface area contributed by atoms with Crippen LogP contribution in [0.5, 0.6) is 0 Å². The Labute approximate surface area is 110 Å². The number of nitrogens with zero attached hydrogens (tertiary/aromatic N) is 2. The summed E-state index contributed by atoms with van der Waals surface area (Å²) < 4.78 is 0. The smallest absolute Gasteiger partial charge is 0.269 e. The fourth-order valence-electron chi connectivity index (χ4n) is 1.97. The number of non-ortho nitro benzene ring substituents is 1. The van der Waals surface area contributed by atoms with Crippen LogP contribution < -0.4 is 0 Å². The fourth-order valence-corrected chi connectivity index (χ4v) is 1.97. The van der Waals surface area contributed by atoms with Gasteiger partial charge in [0.05, 0.1) is 11.5 Å². The maximum Gasteiger partial charge on any atom is 0.269 e. The molecule has 1 heterocycles. The van der Waals surface area contributed by atoms with E-state index in [9.17, 15) is 10.1 Å². The Hall–Kier alpha value is -2.24. The molecule has 2 aromatic carbocycles. The van der Waals surface area contributed by atoms with E-state index in [2.05, 4.69) is 0 Å². The van der Waals surface area contributed by atoms with Gasteiger partial charge in [0, 0.05) is 17.7 Å². The number of nitro benzene ring substituents is 1. The third kappa shape index (κ3) is 2.62. The van der Waals surface area contributed by atoms with E-state index in [1.807, 2.05) is 35.4 Å². The predicted octanol–water partition coefficient (Wildman–Crippen LogP) is 3.04. The Morgan fingerprint density at radius 2 is 1.79 bits per heavy atom. The van der Waals surface area contributed by atoms with E-state index in [0.29, 0.717) is 6.54 Å². The monoisotopic (exact) mass is 256 g/mol. The van der Waals surface area contributed by atoms with Crippen LogP contribution in [-0.4, -0.2) is 9.99 Å². The molecule has 1 fully saturated rings. The van der Waals surface area contributed by atoms with Crippen LogP contribution in [0.25, 0.3) is 0 Å². The molecule has 2 atom stereocenters. The zero-order valence-electron chi connectivity index (χ0n) is 10.1. The third-order valence-corrected chi connectivity index (χ3v) is 3.02. The van der Waals surface area contributed by atoms with Gasteiger partial charge in [-0.3, -0.25) is 15.0 Å². The van der Waals surface area contributed by atoms with Gasteiger partial charge >= 0.3 is 0 Å². The summed E-state index contributed by atoms with van der Waals surface area (Å²) in [5.74, 6) is 0. The van der Waals surface area contributed by atoms with Crippen LogP contribution in [-0.2, 0) is 11.4 Å². The molecule has 1 aliphatic heterocycles. The SMILES string of the molecule is O=[N+]([O-])c1ccc(C2ON2Cc2ccccc2)cc1. The van der Waals surface area contributed by atoms with Crippen LogP contribution in [0.1, 0.15) is 17.4 Å². The highest BCUT2D eigenvalue weighted by Crippen LogP contribution is 2.38. The Balaban J connectivity index is 1.65. The first-order chi connectivity index (χ1) is 9.24. The summed E-state index contributed by atoms with van der Waals surface area (Å²) in [6, 6.07) is 16.5. The van der Waals surface area contributed by atoms with Gasteiger partial charge in [0.1, 0.15) is 0 Å². The van der Waals surface area contributed by atoms with Gasteiger partial charge in [-0.2, -0.15) is 0 Å². The molecule has 1 aliphatic rings. The predicted molar refractivity (Wildman–Crippen MR) is 68.9 cm³/mol. The van der Waals surface area contributed by atoms with E-state index in [1.165, 1.54) is 17.7 Å². The van der Waals surface area contributed by atoms with Crippen molar-refractivity contribution in [1.29, 1.82) is 0 Å². The number of rotatable bonds is 4. The van der Waals surface area contributed by atoms with Crippen molar-refractivity contribution in [2.45, 2.75) is 12.8 Å². The number of nitro groups is 1. The molecule has 0 spiro atoms. The molecule has 5 heteroatoms. The Morgan fingerprint density at radius 3 is 2.42 bits per heavy atom. The lowest BCUT2D eigenvalue weighted by molar-refractivity contribution is -0.384. The summed E-state index contributed by atoms with van der Waals surface area (Å²) in [6.45, 7) is 0.711. The zero-order chi connectivity index (χ0) is 13.2. The van der Waals surface area contributed by atoms with E-state index in [4.69, 9.17) is 4.84 Å². The normalized spacial score (nSPS) is 21.1. The minimum Gasteiger partial charge on any atom is -0.270 e. The molecule has 2 unspecified atom stereocenters. The Bertz CT molecular complexity index is 583. The van der Waals surface area contributed by atoms with Crippen LogP contribution in [0.2, 0.25) is 0 Å². The van der Waals surface area contributed by atoms with Crippen LogP contribution >= 0.6 is 0 Å². The summed E-state index contributed by atoms with van der Waals surface area (Å²) in [6.07, 6.45) is -0.0963. The molecule has 5 nitrogen and oxygen atoms in total. The molecule has 0 radical (unpaired) electrons. The molecule has 0 saturated carbocycles. The summed E-state index contributed by atoms with van der Waals surface area (Å²) in [5, 5.41) is 12.4. The Morgan fingerprint density at radius 1 is 1.11 bits per heavy atom. The lowest BCUT2D eigenvalue weighted by Crippen LogP contribution is -1.98. The van der Waals surface area contributed by atoms with Crippen LogP contribution in [0.3, 0.4) is 0 Å². The van der Waals surface area contributed by atoms with Crippen molar-refractivity contribution >= 4 is 5.69 Å². The largest absolute Gasteiger partial charge is 0.270 e. The molecule has 0 N–H and O–H groups in total. The number of hydrogen-bond acceptors (Lipinski definition) is 4. The first-order valence-electron chi connectivity index (χ1n) is 5.96. The Kier molecular flexibility index (Phi) is 2.98. The lowest BCUT2D eigenvalue weighted by Gasteiger charge is -1.99. The topological polar surface area (TPSA) is 58.7 Å². The van der Waals surface area contributed by atoms with Gasteiger partial charge in [-0.05, 0) is 17.7 Å². The molecule has 96 valence electrons. The first-order valence-corrected chi connectivity index (χ1v) is 5.96. The summed E-state index contributed by atoms with van der Waals surface area (Å²) >= 11 is 0. The van der Waals surface area contributed by atoms with Crippen molar-refractivity contribution in [2.75, 3.05) is 0 Å². The van der Waals surface area contributed by atoms with Crippen molar-refractivity contribution in [1.82, 2.24) is 5.06 Å². The van der Waals surface area contributed by atoms with Gasteiger partial charge < -0.3 is 0 Å². The highest BCUT2D eigenvalue weighted by molar-refractivity contribution is 5.34. The van der Waals surface area contributed by atoms with Crippen LogP contribution in [0.15, 0.2) is 54.6 Å². The van der Waals surface area contributed by atoms with Gasteiger partial charge in [0.2, 0.25) is 0 Å². The quantitative estimate of drug-likeness (QED) is 0.479. The second-order valence-electron chi connectivity index (χ2n) is 4.37. The minimum absolute atomic E-state index is 0.0963. The van der Waals surface area contributed by atoms with Crippen molar-refractivity contribution in [3.63, 3.8) is 0 Å². The molecule has 0 aliphatic carbocycles. The summed E-state index contributed by atoms with van der Waals surface area (Å²) in [4.78, 5) is 15.6. The van der Waals surface area contributed by atoms with Gasteiger partial charge in [-0.15, -0.1) is 5.06 Å². The summed E-state index contributed by atoms with van der Waals surface area (Å²) in [5.41, 5.74) is 2.20. The molecular formula is C14H12N2O3. The van der Waals surface area contributed by atoms with Crippen molar-refractivity contribution in [2.24, 2.45) is 0 Å². The molecule has 2 aromatic rings. The van der Waals surface area contributed by atoms with E-state index in [-0.39, 0.29) is 11.9 Å². The maximum atomic E-state index is 10.6. The molecule has 19 heavy (non-hydrogen) atoms. The minimum atomic E-state index is -0.403. The third-order valence-electron chi connectivity index (χ3n) is 3.02. The second-order valence-corrected chi connectivity index (χ2v) is 4.37. The van der Waals surface area contributed by atoms with E-state index < -0.39 is 4.92 Å². The highest BCUT2D eigenvalue weighted by atomic mass is 16.8. The van der Waals surface area contributed by atoms with Crippen molar-refractivity contribution in [3.8, 4) is 0 Å². The molecular weight excluding hydrogens is 244 g/mol. The van der Waals surface area contributed by atoms with Crippen LogP contribution in [0.4, 0.5) is 5.69 Å². The number of benzene rings is 2. The summed E-state index contributed by atoms with van der Waals surface area (Å²) in [7, 11) is 0. The average Bonchev–Trinajstić information content (AvgIpc) is 3.19. The maximum absolute atomic E-state index is 10.6.